The zero-order chi connectivity index (χ0) is 48.4. The van der Waals surface area contributed by atoms with Crippen LogP contribution >= 0.6 is 0 Å². The number of fused-ring (bicyclic) bond motifs is 6. The molecule has 0 spiro atoms. The van der Waals surface area contributed by atoms with Gasteiger partial charge in [-0.15, -0.1) is 0 Å². The van der Waals surface area contributed by atoms with E-state index in [-0.39, 0.29) is 5.41 Å². The van der Waals surface area contributed by atoms with Gasteiger partial charge in [-0.2, -0.15) is 0 Å². The summed E-state index contributed by atoms with van der Waals surface area (Å²) in [7, 11) is 0. The zero-order valence-corrected chi connectivity index (χ0v) is 40.6. The molecule has 13 rings (SSSR count). The third kappa shape index (κ3) is 7.11. The highest BCUT2D eigenvalue weighted by molar-refractivity contribution is 6.09. The van der Waals surface area contributed by atoms with Crippen LogP contribution in [-0.4, -0.2) is 16.2 Å². The molecule has 0 amide bonds. The Hall–Kier alpha value is -8.93. The molecule has 0 radical (unpaired) electrons. The Morgan fingerprint density at radius 2 is 1.04 bits per heavy atom. The summed E-state index contributed by atoms with van der Waals surface area (Å²) in [6.07, 6.45) is 6.36. The summed E-state index contributed by atoms with van der Waals surface area (Å²) in [6, 6.07) is 83.0. The van der Waals surface area contributed by atoms with Gasteiger partial charge in [-0.25, -0.2) is 4.98 Å². The van der Waals surface area contributed by atoms with Crippen molar-refractivity contribution in [2.24, 2.45) is 0 Å². The van der Waals surface area contributed by atoms with Crippen molar-refractivity contribution in [1.29, 1.82) is 0 Å². The van der Waals surface area contributed by atoms with Gasteiger partial charge in [-0.05, 0) is 110 Å². The largest absolute Gasteiger partial charge is 0.457 e. The Labute approximate surface area is 421 Å². The van der Waals surface area contributed by atoms with Gasteiger partial charge >= 0.3 is 0 Å². The quantitative estimate of drug-likeness (QED) is 0.144. The molecule has 72 heavy (non-hydrogen) atoms. The molecule has 0 unspecified atom stereocenters. The Morgan fingerprint density at radius 1 is 0.458 bits per heavy atom. The molecule has 1 aliphatic carbocycles. The van der Waals surface area contributed by atoms with Gasteiger partial charge in [0.2, 0.25) is 0 Å². The summed E-state index contributed by atoms with van der Waals surface area (Å²) in [6.45, 7) is 7.52. The van der Waals surface area contributed by atoms with Gasteiger partial charge in [0.15, 0.2) is 0 Å². The molecule has 2 aliphatic rings. The van der Waals surface area contributed by atoms with Crippen LogP contribution in [0, 0.1) is 0 Å². The van der Waals surface area contributed by atoms with Gasteiger partial charge in [0.25, 0.3) is 0 Å². The summed E-state index contributed by atoms with van der Waals surface area (Å²) < 4.78 is 9.14. The Bertz CT molecular complexity index is 3760. The molecule has 0 saturated carbocycles. The minimum atomic E-state index is -0.545. The highest BCUT2D eigenvalue weighted by Gasteiger charge is 2.46. The standard InChI is InChI=1S/C67H52N4O/c1-66(2,3)50-40-58(46-20-7-4-8-21-46)65(59(41-50)47-22-9-5-10-23-47)70-39-38-69(45-70)51-26-19-27-52(43-51)72-53-34-35-57-56-30-15-18-33-62(56)71(63(57)44-53)64-42-49(36-37-68-64)67(48-24-11-6-12-25-48)60-31-16-13-28-54(60)55-29-14-17-32-61(55)67/h4-44H,45H2,1-3H3. The number of benzene rings is 9. The number of para-hydroxylation sites is 1. The fraction of sp³-hybridized carbons (Fsp3) is 0.0896. The third-order valence-corrected chi connectivity index (χ3v) is 14.8. The van der Waals surface area contributed by atoms with E-state index in [2.05, 4.69) is 272 Å². The van der Waals surface area contributed by atoms with Crippen molar-refractivity contribution >= 4 is 33.2 Å². The number of rotatable bonds is 9. The van der Waals surface area contributed by atoms with E-state index in [1.807, 2.05) is 12.3 Å². The molecule has 1 aliphatic heterocycles. The maximum absolute atomic E-state index is 6.84. The van der Waals surface area contributed by atoms with Gasteiger partial charge in [-0.1, -0.05) is 185 Å². The second kappa shape index (κ2) is 17.2. The van der Waals surface area contributed by atoms with Crippen LogP contribution in [0.5, 0.6) is 11.5 Å². The molecule has 0 fully saturated rings. The van der Waals surface area contributed by atoms with E-state index in [1.54, 1.807) is 0 Å². The molecule has 5 nitrogen and oxygen atoms in total. The first-order chi connectivity index (χ1) is 35.3. The van der Waals surface area contributed by atoms with E-state index in [0.717, 1.165) is 50.4 Å². The lowest BCUT2D eigenvalue weighted by molar-refractivity contribution is 0.483. The average molecular weight is 929 g/mol. The van der Waals surface area contributed by atoms with Gasteiger partial charge in [0, 0.05) is 58.3 Å². The van der Waals surface area contributed by atoms with Crippen molar-refractivity contribution in [1.82, 2.24) is 9.55 Å². The minimum Gasteiger partial charge on any atom is -0.457 e. The van der Waals surface area contributed by atoms with E-state index in [9.17, 15) is 0 Å². The predicted molar refractivity (Wildman–Crippen MR) is 297 cm³/mol. The average Bonchev–Trinajstić information content (AvgIpc) is 4.14. The van der Waals surface area contributed by atoms with Crippen molar-refractivity contribution < 1.29 is 4.74 Å². The Morgan fingerprint density at radius 3 is 1.72 bits per heavy atom. The van der Waals surface area contributed by atoms with Crippen LogP contribution in [0.3, 0.4) is 0 Å². The highest BCUT2D eigenvalue weighted by Crippen LogP contribution is 2.56. The summed E-state index contributed by atoms with van der Waals surface area (Å²) in [4.78, 5) is 9.82. The summed E-state index contributed by atoms with van der Waals surface area (Å²) in [5.41, 5.74) is 17.3. The second-order valence-electron chi connectivity index (χ2n) is 20.0. The lowest BCUT2D eigenvalue weighted by Crippen LogP contribution is -2.28. The number of hydrogen-bond acceptors (Lipinski definition) is 4. The number of hydrogen-bond donors (Lipinski definition) is 0. The monoisotopic (exact) mass is 928 g/mol. The molecular formula is C67H52N4O. The maximum Gasteiger partial charge on any atom is 0.137 e. The van der Waals surface area contributed by atoms with Crippen LogP contribution in [0.15, 0.2) is 249 Å². The van der Waals surface area contributed by atoms with Gasteiger partial charge < -0.3 is 14.5 Å². The second-order valence-corrected chi connectivity index (χ2v) is 20.0. The lowest BCUT2D eigenvalue weighted by Gasteiger charge is -2.34. The molecule has 0 saturated heterocycles. The molecule has 0 bridgehead atoms. The first-order valence-corrected chi connectivity index (χ1v) is 24.9. The van der Waals surface area contributed by atoms with Crippen LogP contribution in [0.2, 0.25) is 0 Å². The Balaban J connectivity index is 0.864. The minimum absolute atomic E-state index is 0.0377. The fourth-order valence-electron chi connectivity index (χ4n) is 11.4. The molecule has 346 valence electrons. The number of aromatic nitrogens is 2. The maximum atomic E-state index is 6.84. The fourth-order valence-corrected chi connectivity index (χ4v) is 11.4. The first-order valence-electron chi connectivity index (χ1n) is 24.9. The van der Waals surface area contributed by atoms with Gasteiger partial charge in [-0.3, -0.25) is 4.57 Å². The predicted octanol–water partition coefficient (Wildman–Crippen LogP) is 16.7. The van der Waals surface area contributed by atoms with E-state index in [4.69, 9.17) is 9.72 Å². The smallest absolute Gasteiger partial charge is 0.137 e. The molecule has 0 atom stereocenters. The van der Waals surface area contributed by atoms with Crippen LogP contribution < -0.4 is 14.5 Å². The first kappa shape index (κ1) is 43.1. The number of nitrogens with zero attached hydrogens (tertiary/aromatic N) is 4. The topological polar surface area (TPSA) is 33.5 Å². The summed E-state index contributed by atoms with van der Waals surface area (Å²) >= 11 is 0. The zero-order valence-electron chi connectivity index (χ0n) is 40.6. The van der Waals surface area contributed by atoms with Crippen LogP contribution in [-0.2, 0) is 10.8 Å². The third-order valence-electron chi connectivity index (χ3n) is 14.8. The summed E-state index contributed by atoms with van der Waals surface area (Å²) in [5, 5.41) is 2.29. The molecular weight excluding hydrogens is 877 g/mol. The molecule has 5 heteroatoms. The van der Waals surface area contributed by atoms with Crippen molar-refractivity contribution in [3.05, 3.63) is 277 Å². The van der Waals surface area contributed by atoms with Crippen molar-refractivity contribution in [2.45, 2.75) is 31.6 Å². The van der Waals surface area contributed by atoms with Crippen molar-refractivity contribution in [2.75, 3.05) is 16.5 Å². The van der Waals surface area contributed by atoms with Crippen LogP contribution in [0.1, 0.15) is 48.6 Å². The van der Waals surface area contributed by atoms with E-state index >= 15 is 0 Å². The lowest BCUT2D eigenvalue weighted by atomic mass is 9.68. The Kier molecular flexibility index (Phi) is 10.3. The van der Waals surface area contributed by atoms with Crippen molar-refractivity contribution in [3.8, 4) is 50.7 Å². The van der Waals surface area contributed by atoms with Crippen LogP contribution in [0.4, 0.5) is 11.4 Å². The van der Waals surface area contributed by atoms with Gasteiger partial charge in [0.05, 0.1) is 28.8 Å². The number of pyridine rings is 1. The summed E-state index contributed by atoms with van der Waals surface area (Å²) in [5.74, 6) is 2.35. The number of anilines is 2. The van der Waals surface area contributed by atoms with E-state index in [1.165, 1.54) is 61.3 Å². The van der Waals surface area contributed by atoms with Crippen molar-refractivity contribution in [3.63, 3.8) is 0 Å². The van der Waals surface area contributed by atoms with E-state index in [0.29, 0.717) is 6.67 Å². The highest BCUT2D eigenvalue weighted by atomic mass is 16.5. The molecule has 2 aromatic heterocycles. The SMILES string of the molecule is CC(C)(C)c1cc(-c2ccccc2)c(N2C=CN(c3cccc(Oc4ccc5c6ccccc6n(-c6cc(C7(c8ccccc8)c8ccccc8-c8ccccc87)ccn6)c5c4)c3)C2)c(-c2ccccc2)c1. The normalized spacial score (nSPS) is 13.7. The van der Waals surface area contributed by atoms with Gasteiger partial charge in [0.1, 0.15) is 17.3 Å². The van der Waals surface area contributed by atoms with E-state index < -0.39 is 5.41 Å². The molecule has 9 aromatic carbocycles. The van der Waals surface area contributed by atoms with Crippen LogP contribution in [0.25, 0.3) is 61.0 Å². The molecule has 0 N–H and O–H groups in total. The number of ether oxygens (including phenoxy) is 1. The molecule has 3 heterocycles. The molecule has 11 aromatic rings.